The first-order valence-electron chi connectivity index (χ1n) is 5.36. The maximum atomic E-state index is 4.47. The molecule has 17 heavy (non-hydrogen) atoms. The molecular formula is C12H16N4S. The van der Waals surface area contributed by atoms with E-state index >= 15 is 0 Å². The third-order valence-corrected chi connectivity index (χ3v) is 3.20. The Kier molecular flexibility index (Phi) is 3.28. The lowest BCUT2D eigenvalue weighted by Gasteiger charge is -2.11. The van der Waals surface area contributed by atoms with Gasteiger partial charge < -0.3 is 9.80 Å². The van der Waals surface area contributed by atoms with Crippen molar-refractivity contribution < 1.29 is 0 Å². The van der Waals surface area contributed by atoms with Crippen LogP contribution in [0.2, 0.25) is 0 Å². The van der Waals surface area contributed by atoms with Crippen LogP contribution in [0.1, 0.15) is 0 Å². The molecule has 2 rings (SSSR count). The van der Waals surface area contributed by atoms with Crippen LogP contribution in [-0.2, 0) is 0 Å². The fraction of sp³-hybridized carbons (Fsp3) is 0.333. The predicted molar refractivity (Wildman–Crippen MR) is 74.0 cm³/mol. The van der Waals surface area contributed by atoms with Crippen LogP contribution >= 0.6 is 11.5 Å². The SMILES string of the molecule is CN(C)c1ccc(-c2nc(N(C)C)ns2)cc1. The van der Waals surface area contributed by atoms with Gasteiger partial charge in [-0.15, -0.1) is 0 Å². The van der Waals surface area contributed by atoms with Gasteiger partial charge in [-0.3, -0.25) is 0 Å². The molecule has 0 fully saturated rings. The maximum Gasteiger partial charge on any atom is 0.237 e. The number of nitrogens with zero attached hydrogens (tertiary/aromatic N) is 4. The average molecular weight is 248 g/mol. The zero-order valence-corrected chi connectivity index (χ0v) is 11.3. The van der Waals surface area contributed by atoms with E-state index in [1.165, 1.54) is 17.2 Å². The first-order valence-corrected chi connectivity index (χ1v) is 6.14. The molecule has 1 heterocycles. The molecule has 2 aromatic rings. The highest BCUT2D eigenvalue weighted by molar-refractivity contribution is 7.09. The largest absolute Gasteiger partial charge is 0.378 e. The normalized spacial score (nSPS) is 10.4. The average Bonchev–Trinajstić information content (AvgIpc) is 2.78. The molecule has 4 nitrogen and oxygen atoms in total. The highest BCUT2D eigenvalue weighted by Crippen LogP contribution is 2.25. The van der Waals surface area contributed by atoms with Crippen LogP contribution in [0.4, 0.5) is 11.6 Å². The van der Waals surface area contributed by atoms with E-state index in [0.717, 1.165) is 16.5 Å². The van der Waals surface area contributed by atoms with Crippen molar-refractivity contribution in [1.29, 1.82) is 0 Å². The minimum absolute atomic E-state index is 0.765. The molecular weight excluding hydrogens is 232 g/mol. The molecule has 1 aromatic carbocycles. The lowest BCUT2D eigenvalue weighted by atomic mass is 10.2. The summed E-state index contributed by atoms with van der Waals surface area (Å²) in [6.45, 7) is 0. The van der Waals surface area contributed by atoms with Crippen LogP contribution in [-0.4, -0.2) is 37.5 Å². The van der Waals surface area contributed by atoms with Gasteiger partial charge in [0.05, 0.1) is 0 Å². The van der Waals surface area contributed by atoms with E-state index in [0.29, 0.717) is 0 Å². The Morgan fingerprint density at radius 3 is 2.06 bits per heavy atom. The van der Waals surface area contributed by atoms with Gasteiger partial charge in [-0.1, -0.05) is 0 Å². The lowest BCUT2D eigenvalue weighted by Crippen LogP contribution is -2.10. The third kappa shape index (κ3) is 2.55. The molecule has 0 atom stereocenters. The first kappa shape index (κ1) is 11.9. The molecule has 0 spiro atoms. The van der Waals surface area contributed by atoms with Crippen LogP contribution in [0.25, 0.3) is 10.6 Å². The van der Waals surface area contributed by atoms with Crippen molar-refractivity contribution in [2.45, 2.75) is 0 Å². The van der Waals surface area contributed by atoms with Crippen molar-refractivity contribution in [3.63, 3.8) is 0 Å². The van der Waals surface area contributed by atoms with E-state index in [-0.39, 0.29) is 0 Å². The zero-order valence-electron chi connectivity index (χ0n) is 10.5. The summed E-state index contributed by atoms with van der Waals surface area (Å²) in [5, 5.41) is 0.957. The Hall–Kier alpha value is -1.62. The Bertz CT molecular complexity index is 487. The molecule has 0 amide bonds. The molecule has 0 N–H and O–H groups in total. The van der Waals surface area contributed by atoms with E-state index < -0.39 is 0 Å². The van der Waals surface area contributed by atoms with Crippen molar-refractivity contribution in [2.24, 2.45) is 0 Å². The van der Waals surface area contributed by atoms with Gasteiger partial charge in [-0.25, -0.2) is 0 Å². The molecule has 0 saturated carbocycles. The molecule has 0 saturated heterocycles. The topological polar surface area (TPSA) is 32.3 Å². The number of anilines is 2. The molecule has 0 aliphatic carbocycles. The van der Waals surface area contributed by atoms with Gasteiger partial charge in [-0.2, -0.15) is 9.36 Å². The summed E-state index contributed by atoms with van der Waals surface area (Å²) in [4.78, 5) is 8.46. The summed E-state index contributed by atoms with van der Waals surface area (Å²) >= 11 is 1.43. The van der Waals surface area contributed by atoms with Crippen molar-refractivity contribution in [3.05, 3.63) is 24.3 Å². The summed E-state index contributed by atoms with van der Waals surface area (Å²) in [5.41, 5.74) is 2.30. The Morgan fingerprint density at radius 2 is 1.59 bits per heavy atom. The van der Waals surface area contributed by atoms with Gasteiger partial charge in [0.15, 0.2) is 0 Å². The second-order valence-corrected chi connectivity index (χ2v) is 4.99. The lowest BCUT2D eigenvalue weighted by molar-refractivity contribution is 1.05. The van der Waals surface area contributed by atoms with Crippen molar-refractivity contribution in [1.82, 2.24) is 9.36 Å². The number of aromatic nitrogens is 2. The quantitative estimate of drug-likeness (QED) is 0.834. The summed E-state index contributed by atoms with van der Waals surface area (Å²) in [6.07, 6.45) is 0. The summed E-state index contributed by atoms with van der Waals surface area (Å²) in [5.74, 6) is 0.765. The van der Waals surface area contributed by atoms with Gasteiger partial charge in [0.1, 0.15) is 5.01 Å². The van der Waals surface area contributed by atoms with Gasteiger partial charge in [0.25, 0.3) is 0 Å². The Labute approximate surface area is 106 Å². The second-order valence-electron chi connectivity index (χ2n) is 4.24. The van der Waals surface area contributed by atoms with E-state index in [2.05, 4.69) is 38.5 Å². The number of hydrogen-bond acceptors (Lipinski definition) is 5. The Balaban J connectivity index is 2.27. The predicted octanol–water partition coefficient (Wildman–Crippen LogP) is 2.34. The monoisotopic (exact) mass is 248 g/mol. The van der Waals surface area contributed by atoms with Crippen molar-refractivity contribution >= 4 is 23.2 Å². The number of rotatable bonds is 3. The van der Waals surface area contributed by atoms with Crippen LogP contribution < -0.4 is 9.80 Å². The second kappa shape index (κ2) is 4.71. The van der Waals surface area contributed by atoms with E-state index in [1.807, 2.05) is 33.1 Å². The minimum atomic E-state index is 0.765. The molecule has 0 radical (unpaired) electrons. The smallest absolute Gasteiger partial charge is 0.237 e. The first-order chi connectivity index (χ1) is 8.08. The van der Waals surface area contributed by atoms with E-state index in [9.17, 15) is 0 Å². The maximum absolute atomic E-state index is 4.47. The van der Waals surface area contributed by atoms with E-state index in [1.54, 1.807) is 0 Å². The Morgan fingerprint density at radius 1 is 0.941 bits per heavy atom. The molecule has 0 bridgehead atoms. The van der Waals surface area contributed by atoms with Crippen LogP contribution in [0.15, 0.2) is 24.3 Å². The number of benzene rings is 1. The van der Waals surface area contributed by atoms with Gasteiger partial charge in [0.2, 0.25) is 5.95 Å². The molecule has 5 heteroatoms. The highest BCUT2D eigenvalue weighted by atomic mass is 32.1. The van der Waals surface area contributed by atoms with Crippen LogP contribution in [0.5, 0.6) is 0 Å². The van der Waals surface area contributed by atoms with E-state index in [4.69, 9.17) is 0 Å². The highest BCUT2D eigenvalue weighted by Gasteiger charge is 2.07. The van der Waals surface area contributed by atoms with Gasteiger partial charge in [0, 0.05) is 39.4 Å². The molecule has 0 aliphatic rings. The number of hydrogen-bond donors (Lipinski definition) is 0. The van der Waals surface area contributed by atoms with Crippen LogP contribution in [0, 0.1) is 0 Å². The molecule has 1 aromatic heterocycles. The van der Waals surface area contributed by atoms with Crippen molar-refractivity contribution in [2.75, 3.05) is 38.0 Å². The molecule has 90 valence electrons. The zero-order chi connectivity index (χ0) is 12.4. The summed E-state index contributed by atoms with van der Waals surface area (Å²) in [6, 6.07) is 8.34. The minimum Gasteiger partial charge on any atom is -0.378 e. The van der Waals surface area contributed by atoms with Crippen LogP contribution in [0.3, 0.4) is 0 Å². The van der Waals surface area contributed by atoms with Gasteiger partial charge >= 0.3 is 0 Å². The summed E-state index contributed by atoms with van der Waals surface area (Å²) in [7, 11) is 7.95. The third-order valence-electron chi connectivity index (χ3n) is 2.45. The van der Waals surface area contributed by atoms with Crippen molar-refractivity contribution in [3.8, 4) is 10.6 Å². The molecule has 0 unspecified atom stereocenters. The molecule has 0 aliphatic heterocycles. The van der Waals surface area contributed by atoms with Gasteiger partial charge in [-0.05, 0) is 35.8 Å². The summed E-state index contributed by atoms with van der Waals surface area (Å²) < 4.78 is 4.30. The fourth-order valence-electron chi connectivity index (χ4n) is 1.42. The fourth-order valence-corrected chi connectivity index (χ4v) is 2.15. The standard InChI is InChI=1S/C12H16N4S/c1-15(2)10-7-5-9(6-8-10)11-13-12(14-17-11)16(3)4/h5-8H,1-4H3.